The molecule has 2 unspecified atom stereocenters. The van der Waals surface area contributed by atoms with Crippen LogP contribution < -0.4 is 14.0 Å². The van der Waals surface area contributed by atoms with Gasteiger partial charge in [0.2, 0.25) is 12.0 Å². The van der Waals surface area contributed by atoms with E-state index in [0.717, 1.165) is 18.0 Å². The Bertz CT molecular complexity index is 993. The number of nitrogens with zero attached hydrogens (tertiary/aromatic N) is 1. The quantitative estimate of drug-likeness (QED) is 0.575. The van der Waals surface area contributed by atoms with Crippen molar-refractivity contribution in [1.29, 1.82) is 0 Å². The summed E-state index contributed by atoms with van der Waals surface area (Å²) in [6, 6.07) is 13.0. The fourth-order valence-electron chi connectivity index (χ4n) is 4.23. The number of fused-ring (bicyclic) bond motifs is 5. The maximum absolute atomic E-state index is 5.88. The van der Waals surface area contributed by atoms with Crippen LogP contribution >= 0.6 is 0 Å². The van der Waals surface area contributed by atoms with Crippen LogP contribution in [-0.2, 0) is 6.54 Å². The molecule has 3 aromatic rings. The molecule has 0 fully saturated rings. The van der Waals surface area contributed by atoms with Crippen molar-refractivity contribution in [3.05, 3.63) is 53.7 Å². The van der Waals surface area contributed by atoms with Gasteiger partial charge < -0.3 is 9.47 Å². The molecule has 0 radical (unpaired) electrons. The van der Waals surface area contributed by atoms with Gasteiger partial charge in [0.25, 0.3) is 0 Å². The Hall–Kier alpha value is -2.55. The van der Waals surface area contributed by atoms with Gasteiger partial charge in [-0.15, -0.1) is 0 Å². The molecular formula is C21H20NO2+. The lowest BCUT2D eigenvalue weighted by Gasteiger charge is -2.23. The highest BCUT2D eigenvalue weighted by molar-refractivity contribution is 5.85. The van der Waals surface area contributed by atoms with Crippen molar-refractivity contribution in [2.24, 2.45) is 0 Å². The zero-order valence-corrected chi connectivity index (χ0v) is 14.2. The van der Waals surface area contributed by atoms with Gasteiger partial charge in [-0.3, -0.25) is 0 Å². The van der Waals surface area contributed by atoms with Crippen molar-refractivity contribution in [1.82, 2.24) is 0 Å². The number of pyridine rings is 1. The lowest BCUT2D eigenvalue weighted by atomic mass is 9.85. The molecule has 0 saturated carbocycles. The van der Waals surface area contributed by atoms with E-state index < -0.39 is 0 Å². The van der Waals surface area contributed by atoms with E-state index in [1.54, 1.807) is 0 Å². The second-order valence-electron chi connectivity index (χ2n) is 6.93. The number of rotatable bonds is 0. The van der Waals surface area contributed by atoms with Gasteiger partial charge in [-0.05, 0) is 35.6 Å². The van der Waals surface area contributed by atoms with E-state index in [4.69, 9.17) is 9.47 Å². The molecule has 1 aromatic heterocycles. The highest BCUT2D eigenvalue weighted by Gasteiger charge is 2.35. The number of ether oxygens (including phenoxy) is 2. The molecule has 5 rings (SSSR count). The fourth-order valence-corrected chi connectivity index (χ4v) is 4.23. The molecule has 3 nitrogen and oxygen atoms in total. The smallest absolute Gasteiger partial charge is 0.238 e. The molecule has 0 N–H and O–H groups in total. The average Bonchev–Trinajstić information content (AvgIpc) is 2.94. The third kappa shape index (κ3) is 1.81. The number of hydrogen-bond acceptors (Lipinski definition) is 2. The van der Waals surface area contributed by atoms with Crippen molar-refractivity contribution >= 4 is 10.8 Å². The van der Waals surface area contributed by atoms with E-state index in [-0.39, 0.29) is 6.29 Å². The summed E-state index contributed by atoms with van der Waals surface area (Å²) in [5, 5.41) is 2.55. The zero-order valence-electron chi connectivity index (χ0n) is 14.2. The van der Waals surface area contributed by atoms with Gasteiger partial charge in [0, 0.05) is 24.3 Å². The second kappa shape index (κ2) is 4.73. The molecule has 0 amide bonds. The molecule has 120 valence electrons. The lowest BCUT2D eigenvalue weighted by molar-refractivity contribution is -0.689. The lowest BCUT2D eigenvalue weighted by Crippen LogP contribution is -2.41. The van der Waals surface area contributed by atoms with Crippen molar-refractivity contribution in [3.63, 3.8) is 0 Å². The Morgan fingerprint density at radius 1 is 1.04 bits per heavy atom. The summed E-state index contributed by atoms with van der Waals surface area (Å²) < 4.78 is 14.1. The highest BCUT2D eigenvalue weighted by atomic mass is 16.7. The third-order valence-electron chi connectivity index (χ3n) is 5.24. The molecule has 2 aromatic carbocycles. The second-order valence-corrected chi connectivity index (χ2v) is 6.93. The van der Waals surface area contributed by atoms with Crippen LogP contribution in [0, 0.1) is 6.92 Å². The van der Waals surface area contributed by atoms with Crippen LogP contribution in [0.15, 0.2) is 42.6 Å². The predicted octanol–water partition coefficient (Wildman–Crippen LogP) is 4.34. The SMILES string of the molecule is Cc1c2c(cc3c1C(C)C[n+]1cc4ccccc4cc1-3)OC(C)O2. The van der Waals surface area contributed by atoms with E-state index >= 15 is 0 Å². The van der Waals surface area contributed by atoms with Gasteiger partial charge in [-0.25, -0.2) is 0 Å². The maximum atomic E-state index is 5.88. The fraction of sp³-hybridized carbons (Fsp3) is 0.286. The van der Waals surface area contributed by atoms with Crippen molar-refractivity contribution in [2.45, 2.75) is 39.5 Å². The summed E-state index contributed by atoms with van der Waals surface area (Å²) in [7, 11) is 0. The molecule has 2 aliphatic heterocycles. The molecule has 2 atom stereocenters. The van der Waals surface area contributed by atoms with E-state index in [0.29, 0.717) is 5.92 Å². The molecule has 3 heteroatoms. The summed E-state index contributed by atoms with van der Waals surface area (Å²) in [6.07, 6.45) is 2.06. The summed E-state index contributed by atoms with van der Waals surface area (Å²) in [4.78, 5) is 0. The van der Waals surface area contributed by atoms with Crippen molar-refractivity contribution in [2.75, 3.05) is 0 Å². The van der Waals surface area contributed by atoms with Crippen LogP contribution in [-0.4, -0.2) is 6.29 Å². The Balaban J connectivity index is 1.82. The van der Waals surface area contributed by atoms with Crippen molar-refractivity contribution in [3.8, 4) is 22.8 Å². The molecule has 0 saturated heterocycles. The molecule has 0 spiro atoms. The Morgan fingerprint density at radius 2 is 1.83 bits per heavy atom. The molecule has 2 aliphatic rings. The van der Waals surface area contributed by atoms with Gasteiger partial charge in [0.1, 0.15) is 0 Å². The molecular weight excluding hydrogens is 298 g/mol. The van der Waals surface area contributed by atoms with Crippen LogP contribution in [0.2, 0.25) is 0 Å². The van der Waals surface area contributed by atoms with Gasteiger partial charge >= 0.3 is 0 Å². The average molecular weight is 318 g/mol. The van der Waals surface area contributed by atoms with E-state index in [1.807, 2.05) is 6.92 Å². The first-order valence-electron chi connectivity index (χ1n) is 8.55. The number of hydrogen-bond donors (Lipinski definition) is 0. The number of benzene rings is 2. The monoisotopic (exact) mass is 318 g/mol. The zero-order chi connectivity index (χ0) is 16.4. The van der Waals surface area contributed by atoms with Crippen LogP contribution in [0.25, 0.3) is 22.0 Å². The Morgan fingerprint density at radius 3 is 2.67 bits per heavy atom. The molecule has 24 heavy (non-hydrogen) atoms. The van der Waals surface area contributed by atoms with Gasteiger partial charge in [-0.2, -0.15) is 4.57 Å². The van der Waals surface area contributed by atoms with Gasteiger partial charge in [0.05, 0.1) is 5.56 Å². The first kappa shape index (κ1) is 13.8. The first-order valence-corrected chi connectivity index (χ1v) is 8.55. The molecule has 0 aliphatic carbocycles. The molecule has 3 heterocycles. The van der Waals surface area contributed by atoms with E-state index in [1.165, 1.54) is 33.2 Å². The Kier molecular flexibility index (Phi) is 2.73. The number of aromatic nitrogens is 1. The van der Waals surface area contributed by atoms with E-state index in [9.17, 15) is 0 Å². The van der Waals surface area contributed by atoms with Gasteiger partial charge in [-0.1, -0.05) is 25.1 Å². The van der Waals surface area contributed by atoms with E-state index in [2.05, 4.69) is 61.0 Å². The maximum Gasteiger partial charge on any atom is 0.238 e. The van der Waals surface area contributed by atoms with Crippen LogP contribution in [0.4, 0.5) is 0 Å². The minimum atomic E-state index is -0.207. The van der Waals surface area contributed by atoms with Crippen LogP contribution in [0.3, 0.4) is 0 Å². The van der Waals surface area contributed by atoms with Crippen LogP contribution in [0.5, 0.6) is 11.5 Å². The normalized spacial score (nSPS) is 20.8. The summed E-state index contributed by atoms with van der Waals surface area (Å²) in [5.41, 5.74) is 5.14. The first-order chi connectivity index (χ1) is 11.6. The minimum absolute atomic E-state index is 0.207. The topological polar surface area (TPSA) is 22.3 Å². The summed E-state index contributed by atoms with van der Waals surface area (Å²) in [6.45, 7) is 7.39. The third-order valence-corrected chi connectivity index (χ3v) is 5.24. The largest absolute Gasteiger partial charge is 0.451 e. The van der Waals surface area contributed by atoms with Crippen molar-refractivity contribution < 1.29 is 14.0 Å². The molecule has 0 bridgehead atoms. The predicted molar refractivity (Wildman–Crippen MR) is 93.4 cm³/mol. The van der Waals surface area contributed by atoms with Gasteiger partial charge in [0.15, 0.2) is 24.2 Å². The summed E-state index contributed by atoms with van der Waals surface area (Å²) >= 11 is 0. The standard InChI is InChI=1S/C21H20NO2/c1-12-10-22-11-16-7-5-4-6-15(16)8-18(22)17-9-19-21(13(2)20(12)17)24-14(3)23-19/h4-9,11-12,14H,10H2,1-3H3/q+1. The minimum Gasteiger partial charge on any atom is -0.451 e. The highest BCUT2D eigenvalue weighted by Crippen LogP contribution is 2.47. The summed E-state index contributed by atoms with van der Waals surface area (Å²) in [5.74, 6) is 2.23. The van der Waals surface area contributed by atoms with Crippen LogP contribution in [0.1, 0.15) is 30.9 Å². The Labute approximate surface area is 141 Å².